The molecule has 0 fully saturated rings. The molecule has 1 aliphatic carbocycles. The van der Waals surface area contributed by atoms with Crippen LogP contribution in [-0.2, 0) is 4.79 Å². The van der Waals surface area contributed by atoms with Crippen LogP contribution in [0.1, 0.15) is 89.4 Å². The van der Waals surface area contributed by atoms with E-state index < -0.39 is 47.1 Å². The molecule has 0 aromatic heterocycles. The molecule has 0 amide bonds. The molecule has 0 saturated heterocycles. The van der Waals surface area contributed by atoms with Crippen LogP contribution in [0.25, 0.3) is 6.08 Å². The van der Waals surface area contributed by atoms with Gasteiger partial charge in [0.2, 0.25) is 5.78 Å². The van der Waals surface area contributed by atoms with Crippen LogP contribution in [0.2, 0.25) is 0 Å². The van der Waals surface area contributed by atoms with Crippen LogP contribution in [0.3, 0.4) is 0 Å². The number of Topliss-reactive ketones (excluding diaryl/α,β-unsaturated/α-hetero) is 2. The highest BCUT2D eigenvalue weighted by molar-refractivity contribution is 6.03. The standard InChI is InChI=1S/C40H36O10/c1-19-14-27(20-4-10-30(43)29(16-20)39-38(48)37(47)24-8-6-22(42)18-33(24)49-39)34(28(15-19)23-7-5-21(41)17-31(23)44)36(46)26-9-11-32-25(35(26)45)12-13-40(2,3)50-32/h4-14,16-18,27-28,34,37,39,41-45,47H,15H2,1-3H3. The van der Waals surface area contributed by atoms with Gasteiger partial charge in [-0.3, -0.25) is 9.59 Å². The molecule has 5 unspecified atom stereocenters. The Bertz CT molecular complexity index is 2130. The lowest BCUT2D eigenvalue weighted by Gasteiger charge is -2.37. The third-order valence-corrected chi connectivity index (χ3v) is 9.79. The quantitative estimate of drug-likeness (QED) is 0.0969. The zero-order chi connectivity index (χ0) is 35.6. The molecule has 3 aliphatic rings. The summed E-state index contributed by atoms with van der Waals surface area (Å²) >= 11 is 0. The molecule has 7 rings (SSSR count). The van der Waals surface area contributed by atoms with E-state index in [1.165, 1.54) is 42.5 Å². The highest BCUT2D eigenvalue weighted by Gasteiger charge is 2.43. The molecule has 50 heavy (non-hydrogen) atoms. The first-order chi connectivity index (χ1) is 23.7. The number of allylic oxidation sites excluding steroid dienone is 2. The van der Waals surface area contributed by atoms with E-state index in [0.29, 0.717) is 28.9 Å². The maximum atomic E-state index is 14.8. The lowest BCUT2D eigenvalue weighted by Crippen LogP contribution is -2.32. The number of hydrogen-bond acceptors (Lipinski definition) is 10. The number of fused-ring (bicyclic) bond motifs is 2. The van der Waals surface area contributed by atoms with Crippen LogP contribution in [0.5, 0.6) is 40.2 Å². The van der Waals surface area contributed by atoms with E-state index in [2.05, 4.69) is 0 Å². The second kappa shape index (κ2) is 12.0. The minimum absolute atomic E-state index is 0.0484. The predicted octanol–water partition coefficient (Wildman–Crippen LogP) is 6.85. The van der Waals surface area contributed by atoms with Crippen molar-refractivity contribution < 1.29 is 49.7 Å². The number of phenolic OH excluding ortho intramolecular Hbond substituents is 5. The van der Waals surface area contributed by atoms with Crippen molar-refractivity contribution in [3.05, 3.63) is 118 Å². The van der Waals surface area contributed by atoms with Crippen molar-refractivity contribution in [3.8, 4) is 40.2 Å². The number of benzene rings is 4. The Kier molecular flexibility index (Phi) is 7.87. The van der Waals surface area contributed by atoms with Crippen molar-refractivity contribution in [2.24, 2.45) is 5.92 Å². The van der Waals surface area contributed by atoms with E-state index in [9.17, 15) is 40.2 Å². The van der Waals surface area contributed by atoms with Gasteiger partial charge in [0.25, 0.3) is 0 Å². The highest BCUT2D eigenvalue weighted by atomic mass is 16.5. The van der Waals surface area contributed by atoms with Gasteiger partial charge in [-0.25, -0.2) is 0 Å². The van der Waals surface area contributed by atoms with E-state index in [0.717, 1.165) is 5.57 Å². The molecule has 0 radical (unpaired) electrons. The number of aliphatic hydroxyl groups excluding tert-OH is 1. The minimum Gasteiger partial charge on any atom is -0.508 e. The van der Waals surface area contributed by atoms with Gasteiger partial charge in [0.1, 0.15) is 52.0 Å². The lowest BCUT2D eigenvalue weighted by atomic mass is 9.65. The Balaban J connectivity index is 1.36. The molecule has 10 nitrogen and oxygen atoms in total. The van der Waals surface area contributed by atoms with Crippen molar-refractivity contribution >= 4 is 17.6 Å². The third-order valence-electron chi connectivity index (χ3n) is 9.79. The number of carbonyl (C=O) groups is 2. The number of rotatable bonds is 5. The maximum Gasteiger partial charge on any atom is 0.211 e. The summed E-state index contributed by atoms with van der Waals surface area (Å²) in [7, 11) is 0. The van der Waals surface area contributed by atoms with Crippen LogP contribution in [0.4, 0.5) is 0 Å². The van der Waals surface area contributed by atoms with Crippen molar-refractivity contribution in [1.82, 2.24) is 0 Å². The second-order valence-electron chi connectivity index (χ2n) is 13.7. The number of hydrogen-bond donors (Lipinski definition) is 6. The second-order valence-corrected chi connectivity index (χ2v) is 13.7. The largest absolute Gasteiger partial charge is 0.508 e. The van der Waals surface area contributed by atoms with Gasteiger partial charge in [-0.15, -0.1) is 0 Å². The van der Waals surface area contributed by atoms with Gasteiger partial charge in [0.05, 0.1) is 11.1 Å². The van der Waals surface area contributed by atoms with Crippen molar-refractivity contribution in [3.63, 3.8) is 0 Å². The summed E-state index contributed by atoms with van der Waals surface area (Å²) in [6.07, 6.45) is 2.79. The first-order valence-corrected chi connectivity index (χ1v) is 16.2. The fourth-order valence-electron chi connectivity index (χ4n) is 7.36. The molecule has 0 bridgehead atoms. The number of ether oxygens (including phenoxy) is 2. The average Bonchev–Trinajstić information content (AvgIpc) is 3.05. The van der Waals surface area contributed by atoms with Crippen LogP contribution >= 0.6 is 0 Å². The number of ketones is 2. The smallest absolute Gasteiger partial charge is 0.211 e. The number of phenols is 5. The first-order valence-electron chi connectivity index (χ1n) is 16.2. The zero-order valence-electron chi connectivity index (χ0n) is 27.5. The molecule has 4 aromatic carbocycles. The van der Waals surface area contributed by atoms with Crippen LogP contribution in [0.15, 0.2) is 84.5 Å². The van der Waals surface area contributed by atoms with Crippen molar-refractivity contribution in [2.45, 2.75) is 56.8 Å². The Morgan fingerprint density at radius 2 is 1.54 bits per heavy atom. The SMILES string of the molecule is CC1=CC(c2ccc(O)c(C3Oc4cc(O)ccc4C(O)C3=O)c2)C(C(=O)c2ccc3c(c2O)C=CC(C)(C)O3)C(c2ccc(O)cc2O)C1. The molecule has 10 heteroatoms. The molecule has 4 aromatic rings. The van der Waals surface area contributed by atoms with Gasteiger partial charge in [-0.2, -0.15) is 0 Å². The van der Waals surface area contributed by atoms with Crippen molar-refractivity contribution in [1.29, 1.82) is 0 Å². The summed E-state index contributed by atoms with van der Waals surface area (Å²) in [5.74, 6) is -3.89. The van der Waals surface area contributed by atoms with Gasteiger partial charge < -0.3 is 40.1 Å². The summed E-state index contributed by atoms with van der Waals surface area (Å²) < 4.78 is 12.0. The van der Waals surface area contributed by atoms with E-state index in [-0.39, 0.29) is 51.2 Å². The fourth-order valence-corrected chi connectivity index (χ4v) is 7.36. The monoisotopic (exact) mass is 676 g/mol. The topological polar surface area (TPSA) is 174 Å². The first kappa shape index (κ1) is 32.8. The predicted molar refractivity (Wildman–Crippen MR) is 183 cm³/mol. The Labute approximate surface area is 287 Å². The van der Waals surface area contributed by atoms with E-state index in [1.54, 1.807) is 36.4 Å². The zero-order valence-corrected chi connectivity index (χ0v) is 27.5. The van der Waals surface area contributed by atoms with Crippen LogP contribution in [-0.4, -0.2) is 47.8 Å². The van der Waals surface area contributed by atoms with Gasteiger partial charge >= 0.3 is 0 Å². The molecular formula is C40H36O10. The molecule has 0 spiro atoms. The average molecular weight is 677 g/mol. The van der Waals surface area contributed by atoms with E-state index in [4.69, 9.17) is 9.47 Å². The molecular weight excluding hydrogens is 640 g/mol. The maximum absolute atomic E-state index is 14.8. The summed E-state index contributed by atoms with van der Waals surface area (Å²) in [4.78, 5) is 28.2. The Hall–Kier alpha value is -5.74. The van der Waals surface area contributed by atoms with Crippen molar-refractivity contribution in [2.75, 3.05) is 0 Å². The van der Waals surface area contributed by atoms with E-state index in [1.807, 2.05) is 26.8 Å². The third kappa shape index (κ3) is 5.61. The summed E-state index contributed by atoms with van der Waals surface area (Å²) in [5.41, 5.74) is 1.87. The molecule has 256 valence electrons. The number of aliphatic hydroxyl groups is 1. The molecule has 2 heterocycles. The molecule has 2 aliphatic heterocycles. The number of aromatic hydroxyl groups is 5. The van der Waals surface area contributed by atoms with Crippen LogP contribution in [0, 0.1) is 5.92 Å². The van der Waals surface area contributed by atoms with Gasteiger partial charge in [-0.1, -0.05) is 23.8 Å². The summed E-state index contributed by atoms with van der Waals surface area (Å²) in [6.45, 7) is 5.65. The fraction of sp³-hybridized carbons (Fsp3) is 0.250. The van der Waals surface area contributed by atoms with Gasteiger partial charge in [-0.05, 0) is 92.9 Å². The summed E-state index contributed by atoms with van der Waals surface area (Å²) in [6, 6.07) is 16.0. The van der Waals surface area contributed by atoms with Gasteiger partial charge in [0, 0.05) is 41.0 Å². The van der Waals surface area contributed by atoms with E-state index >= 15 is 0 Å². The highest BCUT2D eigenvalue weighted by Crippen LogP contribution is 2.51. The lowest BCUT2D eigenvalue weighted by molar-refractivity contribution is -0.137. The van der Waals surface area contributed by atoms with Crippen LogP contribution < -0.4 is 9.47 Å². The van der Waals surface area contributed by atoms with Gasteiger partial charge in [0.15, 0.2) is 11.9 Å². The Morgan fingerprint density at radius 1 is 0.820 bits per heavy atom. The minimum atomic E-state index is -1.57. The summed E-state index contributed by atoms with van der Waals surface area (Å²) in [5, 5.41) is 64.5. The molecule has 6 N–H and O–H groups in total. The normalized spacial score (nSPS) is 23.6. The molecule has 0 saturated carbocycles. The molecule has 5 atom stereocenters. The Morgan fingerprint density at radius 3 is 2.28 bits per heavy atom. The number of carbonyl (C=O) groups excluding carboxylic acids is 2.